The monoisotopic (exact) mass is 312 g/mol. The second-order valence-corrected chi connectivity index (χ2v) is 6.23. The fraction of sp³-hybridized carbons (Fsp3) is 0.222. The van der Waals surface area contributed by atoms with E-state index in [4.69, 9.17) is 0 Å². The van der Waals surface area contributed by atoms with Crippen LogP contribution in [0.25, 0.3) is 6.08 Å². The second-order valence-electron chi connectivity index (χ2n) is 5.38. The third kappa shape index (κ3) is 2.06. The fourth-order valence-corrected chi connectivity index (χ4v) is 3.75. The van der Waals surface area contributed by atoms with E-state index in [1.54, 1.807) is 0 Å². The normalized spacial score (nSPS) is 16.7. The highest BCUT2D eigenvalue weighted by atomic mass is 79.9. The molecule has 0 heterocycles. The van der Waals surface area contributed by atoms with E-state index in [9.17, 15) is 0 Å². The molecule has 0 radical (unpaired) electrons. The van der Waals surface area contributed by atoms with Crippen LogP contribution in [-0.4, -0.2) is 0 Å². The molecule has 2 aromatic carbocycles. The molecule has 2 aromatic rings. The highest BCUT2D eigenvalue weighted by Gasteiger charge is 2.23. The molecule has 0 saturated heterocycles. The minimum atomic E-state index is 0.380. The summed E-state index contributed by atoms with van der Waals surface area (Å²) in [5.41, 5.74) is 8.23. The summed E-state index contributed by atoms with van der Waals surface area (Å²) in [5.74, 6) is 0.380. The highest BCUT2D eigenvalue weighted by molar-refractivity contribution is 9.10. The summed E-state index contributed by atoms with van der Waals surface area (Å²) < 4.78 is 1.22. The van der Waals surface area contributed by atoms with Gasteiger partial charge in [-0.05, 0) is 60.2 Å². The van der Waals surface area contributed by atoms with Gasteiger partial charge in [0, 0.05) is 10.4 Å². The molecule has 1 aliphatic rings. The van der Waals surface area contributed by atoms with Crippen molar-refractivity contribution in [3.63, 3.8) is 0 Å². The third-order valence-corrected chi connectivity index (χ3v) is 4.72. The number of rotatable bonds is 1. The molecular weight excluding hydrogens is 296 g/mol. The number of allylic oxidation sites excluding steroid dienone is 1. The molecule has 0 spiro atoms. The quantitative estimate of drug-likeness (QED) is 0.649. The van der Waals surface area contributed by atoms with Crippen LogP contribution in [0.3, 0.4) is 0 Å². The first-order valence-electron chi connectivity index (χ1n) is 6.62. The minimum Gasteiger partial charge on any atom is -0.0720 e. The predicted molar refractivity (Wildman–Crippen MR) is 85.7 cm³/mol. The Balaban J connectivity index is 2.18. The van der Waals surface area contributed by atoms with Gasteiger partial charge in [-0.25, -0.2) is 0 Å². The summed E-state index contributed by atoms with van der Waals surface area (Å²) in [7, 11) is 0. The van der Waals surface area contributed by atoms with Gasteiger partial charge in [-0.1, -0.05) is 52.3 Å². The first kappa shape index (κ1) is 12.7. The number of halogens is 1. The van der Waals surface area contributed by atoms with Gasteiger partial charge in [-0.2, -0.15) is 0 Å². The lowest BCUT2D eigenvalue weighted by Gasteiger charge is -2.17. The van der Waals surface area contributed by atoms with Crippen molar-refractivity contribution < 1.29 is 0 Å². The van der Waals surface area contributed by atoms with Crippen LogP contribution < -0.4 is 0 Å². The van der Waals surface area contributed by atoms with Crippen molar-refractivity contribution in [3.05, 3.63) is 74.3 Å². The van der Waals surface area contributed by atoms with Crippen LogP contribution >= 0.6 is 15.9 Å². The molecule has 0 aliphatic heterocycles. The summed E-state index contributed by atoms with van der Waals surface area (Å²) >= 11 is 3.74. The molecule has 0 bridgehead atoms. The minimum absolute atomic E-state index is 0.380. The van der Waals surface area contributed by atoms with E-state index in [1.165, 1.54) is 37.9 Å². The van der Waals surface area contributed by atoms with Gasteiger partial charge < -0.3 is 0 Å². The Morgan fingerprint density at radius 3 is 2.63 bits per heavy atom. The van der Waals surface area contributed by atoms with Crippen LogP contribution in [0.15, 0.2) is 40.9 Å². The lowest BCUT2D eigenvalue weighted by atomic mass is 9.88. The average molecular weight is 313 g/mol. The van der Waals surface area contributed by atoms with E-state index in [-0.39, 0.29) is 0 Å². The van der Waals surface area contributed by atoms with Crippen molar-refractivity contribution in [1.29, 1.82) is 0 Å². The Morgan fingerprint density at radius 1 is 1.05 bits per heavy atom. The van der Waals surface area contributed by atoms with Gasteiger partial charge in [0.05, 0.1) is 0 Å². The number of hydrogen-bond donors (Lipinski definition) is 0. The summed E-state index contributed by atoms with van der Waals surface area (Å²) in [4.78, 5) is 0. The molecule has 0 nitrogen and oxygen atoms in total. The summed E-state index contributed by atoms with van der Waals surface area (Å²) in [6.07, 6.45) is 4.57. The van der Waals surface area contributed by atoms with Gasteiger partial charge in [0.15, 0.2) is 0 Å². The van der Waals surface area contributed by atoms with E-state index in [1.807, 2.05) is 0 Å². The van der Waals surface area contributed by atoms with E-state index in [2.05, 4.69) is 79.2 Å². The van der Waals surface area contributed by atoms with Crippen molar-refractivity contribution >= 4 is 22.0 Å². The van der Waals surface area contributed by atoms with E-state index >= 15 is 0 Å². The van der Waals surface area contributed by atoms with Gasteiger partial charge in [0.2, 0.25) is 0 Å². The molecule has 19 heavy (non-hydrogen) atoms. The zero-order chi connectivity index (χ0) is 13.6. The molecule has 1 heteroatoms. The van der Waals surface area contributed by atoms with Crippen LogP contribution in [0.5, 0.6) is 0 Å². The number of benzene rings is 2. The first-order valence-corrected chi connectivity index (χ1v) is 7.41. The summed E-state index contributed by atoms with van der Waals surface area (Å²) in [6, 6.07) is 11.1. The maximum absolute atomic E-state index is 3.74. The van der Waals surface area contributed by atoms with Gasteiger partial charge in [-0.15, -0.1) is 0 Å². The molecule has 1 aliphatic carbocycles. The molecular formula is C18H17Br. The lowest BCUT2D eigenvalue weighted by Crippen LogP contribution is -2.01. The molecule has 96 valence electrons. The zero-order valence-electron chi connectivity index (χ0n) is 11.5. The Morgan fingerprint density at radius 2 is 1.84 bits per heavy atom. The maximum Gasteiger partial charge on any atom is 0.0292 e. The van der Waals surface area contributed by atoms with E-state index < -0.39 is 0 Å². The van der Waals surface area contributed by atoms with Crippen molar-refractivity contribution in [3.8, 4) is 0 Å². The lowest BCUT2D eigenvalue weighted by molar-refractivity contribution is 1.01. The van der Waals surface area contributed by atoms with Gasteiger partial charge in [0.25, 0.3) is 0 Å². The number of hydrogen-bond acceptors (Lipinski definition) is 0. The van der Waals surface area contributed by atoms with Crippen LogP contribution in [0, 0.1) is 20.8 Å². The summed E-state index contributed by atoms with van der Waals surface area (Å²) in [6.45, 7) is 6.55. The van der Waals surface area contributed by atoms with Gasteiger partial charge >= 0.3 is 0 Å². The smallest absolute Gasteiger partial charge is 0.0292 e. The van der Waals surface area contributed by atoms with Crippen LogP contribution in [0.2, 0.25) is 0 Å². The molecule has 0 fully saturated rings. The largest absolute Gasteiger partial charge is 0.0720 e. The van der Waals surface area contributed by atoms with Crippen molar-refractivity contribution in [2.75, 3.05) is 0 Å². The van der Waals surface area contributed by atoms with Gasteiger partial charge in [-0.3, -0.25) is 0 Å². The Labute approximate surface area is 123 Å². The topological polar surface area (TPSA) is 0 Å². The number of fused-ring (bicyclic) bond motifs is 1. The molecule has 3 rings (SSSR count). The molecule has 0 amide bonds. The third-order valence-electron chi connectivity index (χ3n) is 4.07. The SMILES string of the molecule is Cc1cc(Br)c2c(c1)C=CC2c1cccc(C)c1C. The van der Waals surface area contributed by atoms with E-state index in [0.717, 1.165) is 0 Å². The average Bonchev–Trinajstić information content (AvgIpc) is 2.76. The molecule has 1 unspecified atom stereocenters. The molecule has 0 aromatic heterocycles. The van der Waals surface area contributed by atoms with Crippen LogP contribution in [0.1, 0.15) is 39.3 Å². The molecule has 0 N–H and O–H groups in total. The van der Waals surface area contributed by atoms with Crippen molar-refractivity contribution in [2.24, 2.45) is 0 Å². The maximum atomic E-state index is 3.74. The van der Waals surface area contributed by atoms with Crippen molar-refractivity contribution in [2.45, 2.75) is 26.7 Å². The standard InChI is InChI=1S/C18H17Br/c1-11-9-14-7-8-16(18(14)17(19)10-11)15-6-4-5-12(2)13(15)3/h4-10,16H,1-3H3. The predicted octanol–water partition coefficient (Wildman–Crippen LogP) is 5.53. The highest BCUT2D eigenvalue weighted by Crippen LogP contribution is 2.41. The Hall–Kier alpha value is -1.34. The Kier molecular flexibility index (Phi) is 3.10. The first-order chi connectivity index (χ1) is 9.08. The van der Waals surface area contributed by atoms with Crippen molar-refractivity contribution in [1.82, 2.24) is 0 Å². The molecule has 1 atom stereocenters. The second kappa shape index (κ2) is 4.64. The fourth-order valence-electron chi connectivity index (χ4n) is 2.91. The van der Waals surface area contributed by atoms with Crippen LogP contribution in [-0.2, 0) is 0 Å². The van der Waals surface area contributed by atoms with Gasteiger partial charge in [0.1, 0.15) is 0 Å². The Bertz CT molecular complexity index is 680. The van der Waals surface area contributed by atoms with E-state index in [0.29, 0.717) is 5.92 Å². The molecule has 0 saturated carbocycles. The van der Waals surface area contributed by atoms with Crippen LogP contribution in [0.4, 0.5) is 0 Å². The zero-order valence-corrected chi connectivity index (χ0v) is 13.1. The number of aryl methyl sites for hydroxylation is 2. The summed E-state index contributed by atoms with van der Waals surface area (Å²) in [5, 5.41) is 0.